The molecule has 1 fully saturated rings. The molecule has 38 heavy (non-hydrogen) atoms. The standard InChI is InChI=1S/C30H30FN5O2/c1-17-12-23-25(24(37)13-17)30(2,26-27(35-36-28(26)34-23)29(38)33-15-18-6-7-18)11-10-22-9-8-20(16-32-22)19-4-3-5-21(31)14-19/h3-5,8-11,14,16-18H,6-7,12-13,15H2,1-2H3,(H,33,38)(H2,34,35,36)/b11-10+. The van der Waals surface area contributed by atoms with Crippen molar-refractivity contribution < 1.29 is 14.0 Å². The second-order valence-corrected chi connectivity index (χ2v) is 10.9. The Labute approximate surface area is 220 Å². The van der Waals surface area contributed by atoms with Crippen LogP contribution in [0.5, 0.6) is 0 Å². The predicted octanol–water partition coefficient (Wildman–Crippen LogP) is 5.40. The van der Waals surface area contributed by atoms with Gasteiger partial charge in [-0.2, -0.15) is 5.10 Å². The van der Waals surface area contributed by atoms with Gasteiger partial charge in [0.15, 0.2) is 11.5 Å². The number of ketones is 1. The van der Waals surface area contributed by atoms with Gasteiger partial charge in [0.2, 0.25) is 0 Å². The molecular weight excluding hydrogens is 481 g/mol. The van der Waals surface area contributed by atoms with E-state index in [4.69, 9.17) is 0 Å². The third kappa shape index (κ3) is 4.44. The number of allylic oxidation sites excluding steroid dienone is 3. The van der Waals surface area contributed by atoms with Crippen LogP contribution in [0, 0.1) is 17.7 Å². The Bertz CT molecular complexity index is 1480. The molecule has 1 saturated carbocycles. The lowest BCUT2D eigenvalue weighted by molar-refractivity contribution is -0.117. The molecule has 1 aromatic carbocycles. The summed E-state index contributed by atoms with van der Waals surface area (Å²) >= 11 is 0. The predicted molar refractivity (Wildman–Crippen MR) is 144 cm³/mol. The maximum atomic E-state index is 13.7. The lowest BCUT2D eigenvalue weighted by Crippen LogP contribution is -2.39. The molecule has 0 radical (unpaired) electrons. The van der Waals surface area contributed by atoms with E-state index < -0.39 is 5.41 Å². The molecule has 2 atom stereocenters. The summed E-state index contributed by atoms with van der Waals surface area (Å²) in [6.07, 6.45) is 9.00. The van der Waals surface area contributed by atoms with E-state index in [9.17, 15) is 14.0 Å². The maximum Gasteiger partial charge on any atom is 0.272 e. The topological polar surface area (TPSA) is 99.8 Å². The van der Waals surface area contributed by atoms with E-state index in [1.807, 2.05) is 37.3 Å². The Balaban J connectivity index is 1.37. The molecule has 1 aliphatic heterocycles. The molecule has 6 rings (SSSR count). The fraction of sp³-hybridized carbons (Fsp3) is 0.333. The van der Waals surface area contributed by atoms with Crippen LogP contribution in [0.3, 0.4) is 0 Å². The minimum Gasteiger partial charge on any atom is -0.350 e. The van der Waals surface area contributed by atoms with Crippen LogP contribution in [0.1, 0.15) is 61.3 Å². The summed E-state index contributed by atoms with van der Waals surface area (Å²) in [5.74, 6) is 0.940. The third-order valence-electron chi connectivity index (χ3n) is 7.74. The van der Waals surface area contributed by atoms with Crippen molar-refractivity contribution in [1.29, 1.82) is 0 Å². The number of pyridine rings is 1. The zero-order valence-corrected chi connectivity index (χ0v) is 21.5. The van der Waals surface area contributed by atoms with E-state index >= 15 is 0 Å². The maximum absolute atomic E-state index is 13.7. The highest BCUT2D eigenvalue weighted by Crippen LogP contribution is 2.48. The number of hydrogen-bond acceptors (Lipinski definition) is 5. The van der Waals surface area contributed by atoms with Gasteiger partial charge in [-0.3, -0.25) is 19.7 Å². The van der Waals surface area contributed by atoms with Crippen molar-refractivity contribution in [3.8, 4) is 11.1 Å². The van der Waals surface area contributed by atoms with Crippen LogP contribution in [0.4, 0.5) is 10.2 Å². The number of rotatable bonds is 6. The molecule has 194 valence electrons. The van der Waals surface area contributed by atoms with Crippen molar-refractivity contribution in [1.82, 2.24) is 20.5 Å². The van der Waals surface area contributed by atoms with Crippen LogP contribution >= 0.6 is 0 Å². The SMILES string of the molecule is CC1CC(=O)C2=C(C1)Nc1[nH]nc(C(=O)NCC3CC3)c1C2(C)/C=C/c1ccc(-c2cccc(F)c2)cn1. The average molecular weight is 512 g/mol. The molecule has 2 aromatic heterocycles. The Morgan fingerprint density at radius 2 is 2.05 bits per heavy atom. The summed E-state index contributed by atoms with van der Waals surface area (Å²) in [4.78, 5) is 31.2. The first-order valence-corrected chi connectivity index (χ1v) is 13.1. The Morgan fingerprint density at radius 1 is 1.21 bits per heavy atom. The average Bonchev–Trinajstić information content (AvgIpc) is 3.62. The number of fused-ring (bicyclic) bond motifs is 1. The molecule has 2 aliphatic carbocycles. The van der Waals surface area contributed by atoms with Crippen molar-refractivity contribution in [2.24, 2.45) is 11.8 Å². The minimum absolute atomic E-state index is 0.0731. The number of aromatic amines is 1. The number of anilines is 1. The number of carbonyl (C=O) groups excluding carboxylic acids is 2. The lowest BCUT2D eigenvalue weighted by atomic mass is 9.67. The molecule has 2 unspecified atom stereocenters. The number of H-pyrrole nitrogens is 1. The van der Waals surface area contributed by atoms with E-state index in [1.165, 1.54) is 12.1 Å². The monoisotopic (exact) mass is 511 g/mol. The summed E-state index contributed by atoms with van der Waals surface area (Å²) in [5.41, 5.74) is 3.88. The quantitative estimate of drug-likeness (QED) is 0.412. The number of amides is 1. The van der Waals surface area contributed by atoms with Crippen LogP contribution in [0.25, 0.3) is 17.2 Å². The van der Waals surface area contributed by atoms with Crippen molar-refractivity contribution in [2.75, 3.05) is 11.9 Å². The molecule has 3 N–H and O–H groups in total. The Morgan fingerprint density at radius 3 is 2.79 bits per heavy atom. The molecule has 3 aromatic rings. The number of aromatic nitrogens is 3. The first-order valence-electron chi connectivity index (χ1n) is 13.1. The number of Topliss-reactive ketones (excluding diaryl/α,β-unsaturated/α-hetero) is 1. The van der Waals surface area contributed by atoms with Crippen molar-refractivity contribution >= 4 is 23.6 Å². The van der Waals surface area contributed by atoms with Crippen molar-refractivity contribution in [3.05, 3.63) is 82.7 Å². The molecule has 0 bridgehead atoms. The van der Waals surface area contributed by atoms with Gasteiger partial charge >= 0.3 is 0 Å². The molecule has 7 nitrogen and oxygen atoms in total. The fourth-order valence-corrected chi connectivity index (χ4v) is 5.61. The minimum atomic E-state index is -0.880. The zero-order valence-electron chi connectivity index (χ0n) is 21.5. The Hall–Kier alpha value is -4.07. The molecule has 1 amide bonds. The van der Waals surface area contributed by atoms with Gasteiger partial charge in [-0.15, -0.1) is 0 Å². The summed E-state index contributed by atoms with van der Waals surface area (Å²) < 4.78 is 13.7. The highest BCUT2D eigenvalue weighted by molar-refractivity contribution is 6.04. The summed E-state index contributed by atoms with van der Waals surface area (Å²) in [5, 5.41) is 13.8. The molecule has 3 heterocycles. The van der Waals surface area contributed by atoms with Crippen LogP contribution < -0.4 is 10.6 Å². The van der Waals surface area contributed by atoms with Gasteiger partial charge in [0.1, 0.15) is 11.6 Å². The molecule has 0 spiro atoms. The Kier molecular flexibility index (Phi) is 5.97. The summed E-state index contributed by atoms with van der Waals surface area (Å²) in [7, 11) is 0. The van der Waals surface area contributed by atoms with E-state index in [1.54, 1.807) is 12.3 Å². The van der Waals surface area contributed by atoms with E-state index in [2.05, 4.69) is 32.7 Å². The molecule has 8 heteroatoms. The van der Waals surface area contributed by atoms with E-state index in [0.29, 0.717) is 47.2 Å². The number of halogens is 1. The highest BCUT2D eigenvalue weighted by atomic mass is 19.1. The van der Waals surface area contributed by atoms with E-state index in [0.717, 1.165) is 36.1 Å². The van der Waals surface area contributed by atoms with Crippen LogP contribution in [0.2, 0.25) is 0 Å². The van der Waals surface area contributed by atoms with Gasteiger partial charge in [0, 0.05) is 47.0 Å². The molecule has 0 saturated heterocycles. The van der Waals surface area contributed by atoms with Crippen LogP contribution in [-0.4, -0.2) is 33.4 Å². The number of nitrogens with zero attached hydrogens (tertiary/aromatic N) is 2. The van der Waals surface area contributed by atoms with Gasteiger partial charge in [-0.05, 0) is 67.9 Å². The van der Waals surface area contributed by atoms with Crippen molar-refractivity contribution in [2.45, 2.75) is 44.9 Å². The first-order chi connectivity index (χ1) is 18.3. The number of hydrogen-bond donors (Lipinski definition) is 3. The lowest BCUT2D eigenvalue weighted by Gasteiger charge is -2.39. The summed E-state index contributed by atoms with van der Waals surface area (Å²) in [6.45, 7) is 4.67. The summed E-state index contributed by atoms with van der Waals surface area (Å²) in [6, 6.07) is 10.2. The normalized spacial score (nSPS) is 22.7. The van der Waals surface area contributed by atoms with Gasteiger partial charge in [0.05, 0.1) is 5.69 Å². The first kappa shape index (κ1) is 24.3. The second kappa shape index (κ2) is 9.35. The van der Waals surface area contributed by atoms with Gasteiger partial charge in [-0.1, -0.05) is 31.2 Å². The largest absolute Gasteiger partial charge is 0.350 e. The van der Waals surface area contributed by atoms with E-state index in [-0.39, 0.29) is 23.4 Å². The smallest absolute Gasteiger partial charge is 0.272 e. The number of carbonyl (C=O) groups is 2. The van der Waals surface area contributed by atoms with Gasteiger partial charge in [-0.25, -0.2) is 4.39 Å². The molecule has 3 aliphatic rings. The van der Waals surface area contributed by atoms with Gasteiger partial charge < -0.3 is 10.6 Å². The fourth-order valence-electron chi connectivity index (χ4n) is 5.61. The number of nitrogens with one attached hydrogen (secondary N) is 3. The van der Waals surface area contributed by atoms with Crippen LogP contribution in [0.15, 0.2) is 59.9 Å². The number of benzene rings is 1. The third-order valence-corrected chi connectivity index (χ3v) is 7.74. The molecular formula is C30H30FN5O2. The van der Waals surface area contributed by atoms with Crippen LogP contribution in [-0.2, 0) is 10.2 Å². The van der Waals surface area contributed by atoms with Gasteiger partial charge in [0.25, 0.3) is 5.91 Å². The second-order valence-electron chi connectivity index (χ2n) is 10.9. The van der Waals surface area contributed by atoms with Crippen molar-refractivity contribution in [3.63, 3.8) is 0 Å². The zero-order chi connectivity index (χ0) is 26.4. The highest BCUT2D eigenvalue weighted by Gasteiger charge is 2.46.